The minimum Gasteiger partial charge on any atom is -0.381 e. The van der Waals surface area contributed by atoms with E-state index in [0.717, 1.165) is 5.56 Å². The van der Waals surface area contributed by atoms with Gasteiger partial charge in [0.2, 0.25) is 5.78 Å². The maximum absolute atomic E-state index is 13.3. The summed E-state index contributed by atoms with van der Waals surface area (Å²) >= 11 is 0. The fraction of sp³-hybridized carbons (Fsp3) is 0.556. The summed E-state index contributed by atoms with van der Waals surface area (Å²) in [6.45, 7) is 3.47. The molecule has 0 radical (unpaired) electrons. The molecule has 7 heteroatoms. The van der Waals surface area contributed by atoms with Crippen LogP contribution in [0.1, 0.15) is 42.4 Å². The van der Waals surface area contributed by atoms with E-state index < -0.39 is 27.7 Å². The van der Waals surface area contributed by atoms with E-state index in [1.807, 2.05) is 6.07 Å². The first-order chi connectivity index (χ1) is 11.8. The molecule has 1 spiro atoms. The van der Waals surface area contributed by atoms with Crippen molar-refractivity contribution in [3.05, 3.63) is 45.0 Å². The van der Waals surface area contributed by atoms with Gasteiger partial charge in [0.15, 0.2) is 0 Å². The number of Topliss-reactive ketones (excluding diaryl/α,β-unsaturated/α-hetero) is 1. The lowest BCUT2D eigenvalue weighted by Gasteiger charge is -2.34. The quantitative estimate of drug-likeness (QED) is 0.511. The summed E-state index contributed by atoms with van der Waals surface area (Å²) in [5.41, 5.74) is -2.03. The van der Waals surface area contributed by atoms with Crippen LogP contribution in [0.3, 0.4) is 0 Å². The summed E-state index contributed by atoms with van der Waals surface area (Å²) in [6, 6.07) is 5.10. The number of carbonyl (C=O) groups excluding carboxylic acids is 2. The lowest BCUT2D eigenvalue weighted by atomic mass is 9.72. The molecule has 7 nitrogen and oxygen atoms in total. The van der Waals surface area contributed by atoms with Crippen molar-refractivity contribution in [2.24, 2.45) is 0 Å². The molecule has 1 aliphatic carbocycles. The summed E-state index contributed by atoms with van der Waals surface area (Å²) in [5, 5.41) is 14.7. The predicted molar refractivity (Wildman–Crippen MR) is 89.7 cm³/mol. The van der Waals surface area contributed by atoms with Crippen LogP contribution in [0.2, 0.25) is 0 Å². The first-order valence-electron chi connectivity index (χ1n) is 8.40. The average Bonchev–Trinajstić information content (AvgIpc) is 2.79. The Bertz CT molecular complexity index is 752. The number of ether oxygens (including phenoxy) is 1. The first-order valence-corrected chi connectivity index (χ1v) is 8.40. The molecule has 2 fully saturated rings. The van der Waals surface area contributed by atoms with Gasteiger partial charge >= 0.3 is 11.4 Å². The van der Waals surface area contributed by atoms with Gasteiger partial charge in [-0.15, -0.1) is 0 Å². The maximum atomic E-state index is 13.3. The van der Waals surface area contributed by atoms with Crippen molar-refractivity contribution in [2.45, 2.75) is 56.7 Å². The zero-order valence-corrected chi connectivity index (χ0v) is 14.6. The molecule has 1 heterocycles. The smallest absolute Gasteiger partial charge is 0.381 e. The van der Waals surface area contributed by atoms with Crippen molar-refractivity contribution in [3.8, 4) is 0 Å². The summed E-state index contributed by atoms with van der Waals surface area (Å²) in [6.07, 6.45) is 1.90. The van der Waals surface area contributed by atoms with Crippen molar-refractivity contribution < 1.29 is 19.2 Å². The average molecular weight is 346 g/mol. The Morgan fingerprint density at radius 1 is 1.24 bits per heavy atom. The molecule has 1 aromatic rings. The lowest BCUT2D eigenvalue weighted by Crippen LogP contribution is -2.53. The Balaban J connectivity index is 2.12. The number of aryl methyl sites for hydroxylation is 2. The highest BCUT2D eigenvalue weighted by Gasteiger charge is 2.72. The van der Waals surface area contributed by atoms with E-state index in [-0.39, 0.29) is 11.7 Å². The van der Waals surface area contributed by atoms with Crippen LogP contribution in [-0.4, -0.2) is 35.4 Å². The molecule has 0 aromatic heterocycles. The molecule has 1 N–H and O–H groups in total. The van der Waals surface area contributed by atoms with Gasteiger partial charge in [0.25, 0.3) is 0 Å². The Hall–Kier alpha value is -2.28. The summed E-state index contributed by atoms with van der Waals surface area (Å²) in [7, 11) is 1.61. The number of hydrogen-bond acceptors (Lipinski definition) is 5. The van der Waals surface area contributed by atoms with Gasteiger partial charge in [0, 0.05) is 17.6 Å². The molecule has 1 unspecified atom stereocenters. The maximum Gasteiger partial charge on any atom is 0.383 e. The van der Waals surface area contributed by atoms with E-state index in [4.69, 9.17) is 4.74 Å². The van der Waals surface area contributed by atoms with E-state index in [1.165, 1.54) is 0 Å². The van der Waals surface area contributed by atoms with Crippen molar-refractivity contribution in [1.29, 1.82) is 0 Å². The van der Waals surface area contributed by atoms with Gasteiger partial charge in [0.05, 0.1) is 6.10 Å². The third-order valence-corrected chi connectivity index (χ3v) is 5.62. The van der Waals surface area contributed by atoms with Gasteiger partial charge < -0.3 is 10.1 Å². The number of rotatable bonds is 3. The Morgan fingerprint density at radius 3 is 2.44 bits per heavy atom. The second kappa shape index (κ2) is 5.91. The molecule has 1 saturated heterocycles. The van der Waals surface area contributed by atoms with Crippen molar-refractivity contribution in [3.63, 3.8) is 0 Å². The molecule has 1 saturated carbocycles. The minimum absolute atomic E-state index is 0.0154. The van der Waals surface area contributed by atoms with E-state index in [9.17, 15) is 19.7 Å². The number of methoxy groups -OCH3 is 1. The van der Waals surface area contributed by atoms with E-state index in [2.05, 4.69) is 5.32 Å². The predicted octanol–water partition coefficient (Wildman–Crippen LogP) is 1.80. The largest absolute Gasteiger partial charge is 0.383 e. The number of nitrogens with one attached hydrogen (secondary N) is 1. The van der Waals surface area contributed by atoms with Crippen LogP contribution >= 0.6 is 0 Å². The number of nitrogens with zero attached hydrogens (tertiary/aromatic N) is 1. The van der Waals surface area contributed by atoms with Gasteiger partial charge in [-0.1, -0.05) is 17.7 Å². The van der Waals surface area contributed by atoms with E-state index >= 15 is 0 Å². The normalized spacial score (nSPS) is 32.0. The van der Waals surface area contributed by atoms with Crippen molar-refractivity contribution in [1.82, 2.24) is 5.32 Å². The second-order valence-corrected chi connectivity index (χ2v) is 7.09. The van der Waals surface area contributed by atoms with Crippen LogP contribution in [0.15, 0.2) is 18.2 Å². The molecule has 1 atom stereocenters. The number of amides is 1. The third kappa shape index (κ3) is 2.37. The van der Waals surface area contributed by atoms with Crippen LogP contribution in [0.4, 0.5) is 0 Å². The topological polar surface area (TPSA) is 98.5 Å². The van der Waals surface area contributed by atoms with Crippen LogP contribution in [0, 0.1) is 24.0 Å². The fourth-order valence-electron chi connectivity index (χ4n) is 4.12. The van der Waals surface area contributed by atoms with Gasteiger partial charge in [-0.25, -0.2) is 0 Å². The second-order valence-electron chi connectivity index (χ2n) is 7.09. The Labute approximate surface area is 145 Å². The highest BCUT2D eigenvalue weighted by molar-refractivity contribution is 6.20. The first kappa shape index (κ1) is 17.5. The molecule has 1 amide bonds. The van der Waals surface area contributed by atoms with Crippen LogP contribution in [0.25, 0.3) is 0 Å². The number of hydrogen-bond donors (Lipinski definition) is 1. The molecule has 2 aliphatic rings. The molecular weight excluding hydrogens is 324 g/mol. The highest BCUT2D eigenvalue weighted by atomic mass is 16.6. The zero-order chi connectivity index (χ0) is 18.4. The number of carbonyl (C=O) groups is 2. The Morgan fingerprint density at radius 2 is 1.88 bits per heavy atom. The number of nitro groups is 1. The molecule has 25 heavy (non-hydrogen) atoms. The monoisotopic (exact) mass is 346 g/mol. The summed E-state index contributed by atoms with van der Waals surface area (Å²) in [5.74, 6) is -1.47. The molecule has 3 rings (SSSR count). The van der Waals surface area contributed by atoms with Crippen LogP contribution in [-0.2, 0) is 19.9 Å². The number of ketones is 1. The summed E-state index contributed by atoms with van der Waals surface area (Å²) < 4.78 is 5.32. The van der Waals surface area contributed by atoms with Crippen LogP contribution in [0.5, 0.6) is 0 Å². The SMILES string of the molecule is COC1CCC2(CC1)NC(=O)C(c1cc(C)ccc1C)([N+](=O)[O-])C2=O. The third-order valence-electron chi connectivity index (χ3n) is 5.62. The van der Waals surface area contributed by atoms with Gasteiger partial charge in [-0.3, -0.25) is 19.7 Å². The standard InChI is InChI=1S/C18H22N2O5/c1-11-4-5-12(2)14(10-11)18(20(23)24)15(21)17(19-16(18)22)8-6-13(25-3)7-9-17/h4-5,10,13H,6-9H2,1-3H3,(H,19,22). The van der Waals surface area contributed by atoms with Gasteiger partial charge in [-0.2, -0.15) is 0 Å². The minimum atomic E-state index is -2.37. The fourth-order valence-corrected chi connectivity index (χ4v) is 4.12. The Kier molecular flexibility index (Phi) is 4.15. The molecular formula is C18H22N2O5. The molecule has 1 aromatic carbocycles. The zero-order valence-electron chi connectivity index (χ0n) is 14.6. The van der Waals surface area contributed by atoms with E-state index in [0.29, 0.717) is 31.2 Å². The lowest BCUT2D eigenvalue weighted by molar-refractivity contribution is -0.542. The molecule has 0 bridgehead atoms. The van der Waals surface area contributed by atoms with Gasteiger partial charge in [0.1, 0.15) is 5.54 Å². The molecule has 1 aliphatic heterocycles. The van der Waals surface area contributed by atoms with Crippen LogP contribution < -0.4 is 5.32 Å². The highest BCUT2D eigenvalue weighted by Crippen LogP contribution is 2.44. The number of benzene rings is 1. The summed E-state index contributed by atoms with van der Waals surface area (Å²) in [4.78, 5) is 37.5. The van der Waals surface area contributed by atoms with Crippen molar-refractivity contribution >= 4 is 11.7 Å². The van der Waals surface area contributed by atoms with Gasteiger partial charge in [-0.05, 0) is 51.2 Å². The molecule has 134 valence electrons. The van der Waals surface area contributed by atoms with Crippen molar-refractivity contribution in [2.75, 3.05) is 7.11 Å². The van der Waals surface area contributed by atoms with E-state index in [1.54, 1.807) is 33.1 Å².